The molecule has 12 heavy (non-hydrogen) atoms. The van der Waals surface area contributed by atoms with Gasteiger partial charge < -0.3 is 5.73 Å². The Morgan fingerprint density at radius 3 is 2.83 bits per heavy atom. The second kappa shape index (κ2) is 3.07. The molecule has 1 nitrogen and oxygen atoms in total. The Hall–Kier alpha value is -1.15. The minimum atomic E-state index is 0.816. The fourth-order valence-corrected chi connectivity index (χ4v) is 1.85. The summed E-state index contributed by atoms with van der Waals surface area (Å²) in [6, 6.07) is 8.25. The highest BCUT2D eigenvalue weighted by molar-refractivity contribution is 8.02. The maximum atomic E-state index is 5.67. The first kappa shape index (κ1) is 7.50. The van der Waals surface area contributed by atoms with Gasteiger partial charge in [-0.05, 0) is 23.1 Å². The van der Waals surface area contributed by atoms with Crippen LogP contribution in [0.5, 0.6) is 0 Å². The topological polar surface area (TPSA) is 26.0 Å². The zero-order chi connectivity index (χ0) is 8.39. The molecular weight excluding hydrogens is 166 g/mol. The fraction of sp³-hybridized carbons (Fsp3) is 0. The van der Waals surface area contributed by atoms with E-state index in [1.54, 1.807) is 11.8 Å². The SMILES string of the molecule is NC1=CSc2ccccc2C=C1. The molecular formula is C10H9NS. The van der Waals surface area contributed by atoms with Gasteiger partial charge in [-0.2, -0.15) is 0 Å². The van der Waals surface area contributed by atoms with Crippen LogP contribution in [-0.4, -0.2) is 0 Å². The third-order valence-corrected chi connectivity index (χ3v) is 2.71. The number of allylic oxidation sites excluding steroid dienone is 1. The zero-order valence-electron chi connectivity index (χ0n) is 6.53. The fourth-order valence-electron chi connectivity index (χ4n) is 1.08. The van der Waals surface area contributed by atoms with E-state index in [1.165, 1.54) is 10.5 Å². The normalized spacial score (nSPS) is 14.8. The highest BCUT2D eigenvalue weighted by atomic mass is 32.2. The number of benzene rings is 1. The van der Waals surface area contributed by atoms with Crippen LogP contribution < -0.4 is 5.73 Å². The van der Waals surface area contributed by atoms with Crippen LogP contribution in [0.1, 0.15) is 5.56 Å². The van der Waals surface area contributed by atoms with Gasteiger partial charge in [-0.25, -0.2) is 0 Å². The molecule has 0 saturated carbocycles. The smallest absolute Gasteiger partial charge is 0.0381 e. The van der Waals surface area contributed by atoms with Crippen LogP contribution in [0.15, 0.2) is 46.3 Å². The lowest BCUT2D eigenvalue weighted by molar-refractivity contribution is 1.43. The molecule has 1 aromatic rings. The van der Waals surface area contributed by atoms with E-state index in [4.69, 9.17) is 5.73 Å². The third kappa shape index (κ3) is 1.38. The average Bonchev–Trinajstić information content (AvgIpc) is 2.29. The maximum absolute atomic E-state index is 5.67. The predicted octanol–water partition coefficient (Wildman–Crippen LogP) is 2.61. The van der Waals surface area contributed by atoms with Crippen molar-refractivity contribution in [3.63, 3.8) is 0 Å². The predicted molar refractivity (Wildman–Crippen MR) is 53.6 cm³/mol. The Kier molecular flexibility index (Phi) is 1.92. The van der Waals surface area contributed by atoms with E-state index in [2.05, 4.69) is 12.1 Å². The summed E-state index contributed by atoms with van der Waals surface area (Å²) in [5.74, 6) is 0. The van der Waals surface area contributed by atoms with Crippen molar-refractivity contribution < 1.29 is 0 Å². The molecule has 0 aliphatic carbocycles. The minimum absolute atomic E-state index is 0.816. The van der Waals surface area contributed by atoms with Crippen molar-refractivity contribution >= 4 is 17.8 Å². The molecule has 0 bridgehead atoms. The molecule has 0 radical (unpaired) electrons. The van der Waals surface area contributed by atoms with Gasteiger partial charge in [0.05, 0.1) is 0 Å². The standard InChI is InChI=1S/C10H9NS/c11-9-6-5-8-3-1-2-4-10(8)12-7-9/h1-7H,11H2. The van der Waals surface area contributed by atoms with Crippen molar-refractivity contribution in [2.75, 3.05) is 0 Å². The molecule has 60 valence electrons. The van der Waals surface area contributed by atoms with Crippen LogP contribution in [0.25, 0.3) is 6.08 Å². The van der Waals surface area contributed by atoms with Crippen LogP contribution >= 0.6 is 11.8 Å². The summed E-state index contributed by atoms with van der Waals surface area (Å²) in [5.41, 5.74) is 7.72. The quantitative estimate of drug-likeness (QED) is 0.656. The van der Waals surface area contributed by atoms with E-state index in [0.717, 1.165) is 5.70 Å². The molecule has 1 aliphatic heterocycles. The monoisotopic (exact) mass is 175 g/mol. The zero-order valence-corrected chi connectivity index (χ0v) is 7.34. The lowest BCUT2D eigenvalue weighted by Gasteiger charge is -1.98. The van der Waals surface area contributed by atoms with Crippen LogP contribution in [0, 0.1) is 0 Å². The minimum Gasteiger partial charge on any atom is -0.398 e. The van der Waals surface area contributed by atoms with Crippen molar-refractivity contribution in [2.24, 2.45) is 5.73 Å². The van der Waals surface area contributed by atoms with Gasteiger partial charge in [0.15, 0.2) is 0 Å². The number of hydrogen-bond acceptors (Lipinski definition) is 2. The molecule has 1 aliphatic rings. The van der Waals surface area contributed by atoms with Crippen LogP contribution in [-0.2, 0) is 0 Å². The molecule has 0 unspecified atom stereocenters. The number of thioether (sulfide) groups is 1. The van der Waals surface area contributed by atoms with Gasteiger partial charge in [0.1, 0.15) is 0 Å². The molecule has 0 atom stereocenters. The van der Waals surface area contributed by atoms with Crippen LogP contribution in [0.2, 0.25) is 0 Å². The largest absolute Gasteiger partial charge is 0.398 e. The number of rotatable bonds is 0. The molecule has 1 aromatic carbocycles. The van der Waals surface area contributed by atoms with E-state index >= 15 is 0 Å². The first-order valence-corrected chi connectivity index (χ1v) is 4.63. The van der Waals surface area contributed by atoms with Gasteiger partial charge in [-0.3, -0.25) is 0 Å². The Morgan fingerprint density at radius 1 is 1.08 bits per heavy atom. The Morgan fingerprint density at radius 2 is 1.92 bits per heavy atom. The van der Waals surface area contributed by atoms with Crippen molar-refractivity contribution in [3.05, 3.63) is 47.0 Å². The molecule has 0 aromatic heterocycles. The van der Waals surface area contributed by atoms with E-state index < -0.39 is 0 Å². The maximum Gasteiger partial charge on any atom is 0.0381 e. The molecule has 0 saturated heterocycles. The van der Waals surface area contributed by atoms with Crippen LogP contribution in [0.4, 0.5) is 0 Å². The number of nitrogens with two attached hydrogens (primary N) is 1. The van der Waals surface area contributed by atoms with Crippen molar-refractivity contribution in [2.45, 2.75) is 4.90 Å². The summed E-state index contributed by atoms with van der Waals surface area (Å²) in [4.78, 5) is 1.26. The van der Waals surface area contributed by atoms with Gasteiger partial charge in [0.2, 0.25) is 0 Å². The Bertz CT molecular complexity index is 353. The summed E-state index contributed by atoms with van der Waals surface area (Å²) < 4.78 is 0. The van der Waals surface area contributed by atoms with Crippen molar-refractivity contribution in [3.8, 4) is 0 Å². The van der Waals surface area contributed by atoms with Gasteiger partial charge in [-0.1, -0.05) is 36.0 Å². The second-order valence-corrected chi connectivity index (χ2v) is 3.52. The number of hydrogen-bond donors (Lipinski definition) is 1. The van der Waals surface area contributed by atoms with E-state index in [0.29, 0.717) is 0 Å². The summed E-state index contributed by atoms with van der Waals surface area (Å²) in [6.07, 6.45) is 3.97. The summed E-state index contributed by atoms with van der Waals surface area (Å²) in [7, 11) is 0. The molecule has 0 spiro atoms. The lowest BCUT2D eigenvalue weighted by atomic mass is 10.2. The molecule has 1 heterocycles. The third-order valence-electron chi connectivity index (χ3n) is 1.70. The van der Waals surface area contributed by atoms with E-state index in [9.17, 15) is 0 Å². The summed E-state index contributed by atoms with van der Waals surface area (Å²) >= 11 is 1.67. The molecule has 0 amide bonds. The molecule has 2 heteroatoms. The second-order valence-electron chi connectivity index (χ2n) is 2.61. The lowest BCUT2D eigenvalue weighted by Crippen LogP contribution is -1.89. The first-order valence-electron chi connectivity index (χ1n) is 3.76. The highest BCUT2D eigenvalue weighted by Gasteiger charge is 2.00. The highest BCUT2D eigenvalue weighted by Crippen LogP contribution is 2.27. The number of fused-ring (bicyclic) bond motifs is 1. The first-order chi connectivity index (χ1) is 5.86. The van der Waals surface area contributed by atoms with Gasteiger partial charge >= 0.3 is 0 Å². The van der Waals surface area contributed by atoms with Gasteiger partial charge in [0, 0.05) is 10.6 Å². The van der Waals surface area contributed by atoms with Gasteiger partial charge in [-0.15, -0.1) is 0 Å². The van der Waals surface area contributed by atoms with Gasteiger partial charge in [0.25, 0.3) is 0 Å². The van der Waals surface area contributed by atoms with E-state index in [-0.39, 0.29) is 0 Å². The van der Waals surface area contributed by atoms with Crippen molar-refractivity contribution in [1.82, 2.24) is 0 Å². The summed E-state index contributed by atoms with van der Waals surface area (Å²) in [5, 5.41) is 1.96. The average molecular weight is 175 g/mol. The molecule has 2 N–H and O–H groups in total. The molecule has 0 fully saturated rings. The summed E-state index contributed by atoms with van der Waals surface area (Å²) in [6.45, 7) is 0. The Labute approximate surface area is 76.0 Å². The van der Waals surface area contributed by atoms with Crippen LogP contribution in [0.3, 0.4) is 0 Å². The Balaban J connectivity index is 2.48. The van der Waals surface area contributed by atoms with Crippen molar-refractivity contribution in [1.29, 1.82) is 0 Å². The van der Waals surface area contributed by atoms with E-state index in [1.807, 2.05) is 29.7 Å². The molecule has 2 rings (SSSR count).